The smallest absolute Gasteiger partial charge is 0.0726 e. The Kier molecular flexibility index (Phi) is 8.02. The molecule has 15 rings (SSSR count). The largest absolute Gasteiger partial charge is 0.309 e. The van der Waals surface area contributed by atoms with Gasteiger partial charge in [0.2, 0.25) is 0 Å². The molecular weight excluding hydrogens is 833 g/mol. The van der Waals surface area contributed by atoms with E-state index in [1.807, 2.05) is 0 Å². The van der Waals surface area contributed by atoms with E-state index in [1.54, 1.807) is 0 Å². The summed E-state index contributed by atoms with van der Waals surface area (Å²) in [7, 11) is 0. The Balaban J connectivity index is 1.04. The number of anilines is 3. The predicted molar refractivity (Wildman–Crippen MR) is 290 cm³/mol. The van der Waals surface area contributed by atoms with Crippen LogP contribution in [0.15, 0.2) is 255 Å². The van der Waals surface area contributed by atoms with Crippen LogP contribution in [0.25, 0.3) is 93.2 Å². The van der Waals surface area contributed by atoms with Gasteiger partial charge in [-0.15, -0.1) is 0 Å². The maximum atomic E-state index is 2.57. The van der Waals surface area contributed by atoms with Crippen LogP contribution in [0, 0.1) is 0 Å². The lowest BCUT2D eigenvalue weighted by Crippen LogP contribution is -2.26. The van der Waals surface area contributed by atoms with Gasteiger partial charge in [-0.3, -0.25) is 0 Å². The first kappa shape index (κ1) is 38.2. The molecule has 2 nitrogen and oxygen atoms in total. The predicted octanol–water partition coefficient (Wildman–Crippen LogP) is 17.7. The minimum atomic E-state index is -0.486. The minimum absolute atomic E-state index is 0.486. The first-order valence-electron chi connectivity index (χ1n) is 24.0. The van der Waals surface area contributed by atoms with Crippen LogP contribution in [0.5, 0.6) is 0 Å². The number of hydrogen-bond acceptors (Lipinski definition) is 1. The van der Waals surface area contributed by atoms with Crippen molar-refractivity contribution in [2.45, 2.75) is 5.41 Å². The Morgan fingerprint density at radius 1 is 0.290 bits per heavy atom. The van der Waals surface area contributed by atoms with Gasteiger partial charge in [0.15, 0.2) is 0 Å². The zero-order chi connectivity index (χ0) is 45.2. The molecule has 0 N–H and O–H groups in total. The van der Waals surface area contributed by atoms with Crippen molar-refractivity contribution < 1.29 is 0 Å². The molecule has 2 aliphatic rings. The first-order chi connectivity index (χ1) is 34.3. The Labute approximate surface area is 400 Å². The van der Waals surface area contributed by atoms with Gasteiger partial charge in [-0.05, 0) is 132 Å². The molecule has 1 spiro atoms. The Hall–Kier alpha value is -8.98. The molecule has 1 aromatic heterocycles. The molecule has 2 heteroatoms. The summed E-state index contributed by atoms with van der Waals surface area (Å²) < 4.78 is 2.40. The highest BCUT2D eigenvalue weighted by atomic mass is 15.1. The molecule has 69 heavy (non-hydrogen) atoms. The maximum Gasteiger partial charge on any atom is 0.0726 e. The highest BCUT2D eigenvalue weighted by Crippen LogP contribution is 2.63. The summed E-state index contributed by atoms with van der Waals surface area (Å²) in [6.07, 6.45) is 0. The van der Waals surface area contributed by atoms with Crippen molar-refractivity contribution in [2.75, 3.05) is 4.90 Å². The third kappa shape index (κ3) is 5.20. The number of rotatable bonds is 5. The number of aromatic nitrogens is 1. The normalized spacial score (nSPS) is 13.0. The fraction of sp³-hybridized carbons (Fsp3) is 0.0149. The van der Waals surface area contributed by atoms with Gasteiger partial charge in [0, 0.05) is 33.1 Å². The maximum absolute atomic E-state index is 2.57. The van der Waals surface area contributed by atoms with Crippen LogP contribution in [0.2, 0.25) is 0 Å². The highest BCUT2D eigenvalue weighted by molar-refractivity contribution is 6.29. The van der Waals surface area contributed by atoms with E-state index in [1.165, 1.54) is 104 Å². The summed E-state index contributed by atoms with van der Waals surface area (Å²) in [6, 6.07) is 95.1. The quantitative estimate of drug-likeness (QED) is 0.156. The SMILES string of the molecule is c1ccc(-n2c3ccccc3c3cc(-c4ccccc4N(c4ccc5c(c4)C4(c6ccccc6-c6ccccc64)c4ccccc4-5)c4cccc5c6ccccc6c6ccccc6c45)ccc32)cc1. The summed E-state index contributed by atoms with van der Waals surface area (Å²) in [6.45, 7) is 0. The van der Waals surface area contributed by atoms with E-state index in [9.17, 15) is 0 Å². The standard InChI is InChI=1S/C67H42N2/c1-2-19-44(20-3-1)68-63-35-17-12-28-54(63)57-41-43(37-40-64(57)68)46-21-11-16-34-62(46)69(65-36-18-30-56-49-23-5-4-22-47(49)48-24-6-7-29-55(48)66(56)65)45-38-39-53-52-27-10-15-33-60(52)67(61(53)42-45)58-31-13-8-25-50(58)51-26-9-14-32-59(51)67/h1-42H. The van der Waals surface area contributed by atoms with E-state index >= 15 is 0 Å². The molecule has 0 amide bonds. The van der Waals surface area contributed by atoms with Crippen LogP contribution >= 0.6 is 0 Å². The van der Waals surface area contributed by atoms with Crippen molar-refractivity contribution in [3.63, 3.8) is 0 Å². The topological polar surface area (TPSA) is 8.17 Å². The lowest BCUT2D eigenvalue weighted by Gasteiger charge is -2.33. The number of nitrogens with zero attached hydrogens (tertiary/aromatic N) is 2. The number of hydrogen-bond donors (Lipinski definition) is 0. The van der Waals surface area contributed by atoms with Crippen molar-refractivity contribution in [1.29, 1.82) is 0 Å². The van der Waals surface area contributed by atoms with Crippen molar-refractivity contribution >= 4 is 71.2 Å². The molecule has 0 radical (unpaired) electrons. The van der Waals surface area contributed by atoms with Crippen molar-refractivity contribution in [3.8, 4) is 39.1 Å². The van der Waals surface area contributed by atoms with Gasteiger partial charge in [-0.2, -0.15) is 0 Å². The second-order valence-corrected chi connectivity index (χ2v) is 18.7. The van der Waals surface area contributed by atoms with E-state index in [2.05, 4.69) is 264 Å². The number of fused-ring (bicyclic) bond motifs is 19. The number of benzene rings is 12. The van der Waals surface area contributed by atoms with Gasteiger partial charge < -0.3 is 9.47 Å². The third-order valence-corrected chi connectivity index (χ3v) is 15.4. The fourth-order valence-electron chi connectivity index (χ4n) is 12.7. The molecule has 320 valence electrons. The van der Waals surface area contributed by atoms with Gasteiger partial charge in [0.1, 0.15) is 0 Å². The van der Waals surface area contributed by atoms with E-state index in [0.29, 0.717) is 0 Å². The molecule has 1 heterocycles. The number of para-hydroxylation sites is 3. The summed E-state index contributed by atoms with van der Waals surface area (Å²) >= 11 is 0. The minimum Gasteiger partial charge on any atom is -0.309 e. The van der Waals surface area contributed by atoms with Crippen molar-refractivity contribution in [2.24, 2.45) is 0 Å². The summed E-state index contributed by atoms with van der Waals surface area (Å²) in [5, 5.41) is 9.95. The molecular formula is C67H42N2. The van der Waals surface area contributed by atoms with Crippen LogP contribution in [-0.4, -0.2) is 4.57 Å². The van der Waals surface area contributed by atoms with Crippen LogP contribution in [0.1, 0.15) is 22.3 Å². The Morgan fingerprint density at radius 3 is 1.43 bits per heavy atom. The molecule has 0 unspecified atom stereocenters. The van der Waals surface area contributed by atoms with Gasteiger partial charge in [0.05, 0.1) is 27.8 Å². The second-order valence-electron chi connectivity index (χ2n) is 18.7. The molecule has 2 aliphatic carbocycles. The lowest BCUT2D eigenvalue weighted by molar-refractivity contribution is 0.793. The highest BCUT2D eigenvalue weighted by Gasteiger charge is 2.51. The molecule has 0 saturated heterocycles. The molecule has 0 aliphatic heterocycles. The van der Waals surface area contributed by atoms with Gasteiger partial charge in [-0.1, -0.05) is 200 Å². The zero-order valence-corrected chi connectivity index (χ0v) is 37.6. The fourth-order valence-corrected chi connectivity index (χ4v) is 12.7. The molecule has 0 bridgehead atoms. The zero-order valence-electron chi connectivity index (χ0n) is 37.6. The molecule has 12 aromatic carbocycles. The van der Waals surface area contributed by atoms with Gasteiger partial charge >= 0.3 is 0 Å². The first-order valence-corrected chi connectivity index (χ1v) is 24.0. The van der Waals surface area contributed by atoms with E-state index in [0.717, 1.165) is 28.3 Å². The lowest BCUT2D eigenvalue weighted by atomic mass is 9.70. The van der Waals surface area contributed by atoms with Crippen molar-refractivity contribution in [1.82, 2.24) is 4.57 Å². The Bertz CT molecular complexity index is 4160. The average Bonchev–Trinajstić information content (AvgIpc) is 4.03. The Morgan fingerprint density at radius 2 is 0.768 bits per heavy atom. The van der Waals surface area contributed by atoms with Crippen LogP contribution in [0.3, 0.4) is 0 Å². The van der Waals surface area contributed by atoms with Crippen LogP contribution in [-0.2, 0) is 5.41 Å². The second kappa shape index (κ2) is 14.5. The van der Waals surface area contributed by atoms with Gasteiger partial charge in [-0.25, -0.2) is 0 Å². The van der Waals surface area contributed by atoms with Gasteiger partial charge in [0.25, 0.3) is 0 Å². The average molecular weight is 875 g/mol. The van der Waals surface area contributed by atoms with E-state index in [4.69, 9.17) is 0 Å². The monoisotopic (exact) mass is 874 g/mol. The summed E-state index contributed by atoms with van der Waals surface area (Å²) in [4.78, 5) is 2.57. The molecule has 0 saturated carbocycles. The van der Waals surface area contributed by atoms with Crippen LogP contribution in [0.4, 0.5) is 17.1 Å². The van der Waals surface area contributed by atoms with E-state index < -0.39 is 5.41 Å². The summed E-state index contributed by atoms with van der Waals surface area (Å²) in [5.74, 6) is 0. The van der Waals surface area contributed by atoms with Crippen LogP contribution < -0.4 is 4.90 Å². The molecule has 13 aromatic rings. The summed E-state index contributed by atoms with van der Waals surface area (Å²) in [5.41, 5.74) is 19.3. The van der Waals surface area contributed by atoms with Crippen molar-refractivity contribution in [3.05, 3.63) is 277 Å². The van der Waals surface area contributed by atoms with E-state index in [-0.39, 0.29) is 0 Å². The molecule has 0 fully saturated rings. The molecule has 0 atom stereocenters. The third-order valence-electron chi connectivity index (χ3n) is 15.4.